The molecule has 0 bridgehead atoms. The fourth-order valence-corrected chi connectivity index (χ4v) is 3.30. The van der Waals surface area contributed by atoms with Crippen molar-refractivity contribution < 1.29 is 18.7 Å². The number of benzene rings is 1. The van der Waals surface area contributed by atoms with E-state index in [0.29, 0.717) is 12.8 Å². The van der Waals surface area contributed by atoms with Crippen molar-refractivity contribution in [3.63, 3.8) is 0 Å². The van der Waals surface area contributed by atoms with Crippen LogP contribution in [0.2, 0.25) is 0 Å². The van der Waals surface area contributed by atoms with E-state index in [0.717, 1.165) is 0 Å². The minimum absolute atomic E-state index is 0.0593. The average Bonchev–Trinajstić information content (AvgIpc) is 2.44. The Hall–Kier alpha value is -1.76. The molecule has 0 saturated carbocycles. The van der Waals surface area contributed by atoms with Gasteiger partial charge in [-0.1, -0.05) is 25.5 Å². The first-order valence-electron chi connectivity index (χ1n) is 6.33. The van der Waals surface area contributed by atoms with Crippen molar-refractivity contribution in [1.29, 1.82) is 0 Å². The molecule has 0 aliphatic rings. The number of ether oxygens (including phenoxy) is 1. The van der Waals surface area contributed by atoms with Gasteiger partial charge in [-0.2, -0.15) is 0 Å². The minimum atomic E-state index is -1.80. The SMILES string of the molecule is CCCC(C(=O)OCC)S(=O)c1ccccc1[N+](=O)[O-]. The number of rotatable bonds is 7. The van der Waals surface area contributed by atoms with Crippen LogP contribution in [0.4, 0.5) is 5.69 Å². The van der Waals surface area contributed by atoms with Crippen LogP contribution in [0.3, 0.4) is 0 Å². The monoisotopic (exact) mass is 299 g/mol. The molecule has 1 aromatic carbocycles. The molecule has 0 N–H and O–H groups in total. The van der Waals surface area contributed by atoms with E-state index in [4.69, 9.17) is 4.74 Å². The average molecular weight is 299 g/mol. The van der Waals surface area contributed by atoms with E-state index >= 15 is 0 Å². The lowest BCUT2D eigenvalue weighted by Crippen LogP contribution is -2.28. The first kappa shape index (κ1) is 16.3. The van der Waals surface area contributed by atoms with Gasteiger partial charge >= 0.3 is 5.97 Å². The lowest BCUT2D eigenvalue weighted by molar-refractivity contribution is -0.387. The Morgan fingerprint density at radius 2 is 2.05 bits per heavy atom. The van der Waals surface area contributed by atoms with Gasteiger partial charge in [-0.3, -0.25) is 19.1 Å². The molecular weight excluding hydrogens is 282 g/mol. The van der Waals surface area contributed by atoms with Gasteiger partial charge in [-0.25, -0.2) is 0 Å². The molecule has 7 heteroatoms. The van der Waals surface area contributed by atoms with Gasteiger partial charge in [0.15, 0.2) is 0 Å². The molecule has 20 heavy (non-hydrogen) atoms. The van der Waals surface area contributed by atoms with E-state index in [1.165, 1.54) is 18.2 Å². The van der Waals surface area contributed by atoms with Crippen LogP contribution in [0.1, 0.15) is 26.7 Å². The van der Waals surface area contributed by atoms with Crippen molar-refractivity contribution in [2.75, 3.05) is 6.61 Å². The standard InChI is InChI=1S/C13H17NO5S/c1-3-7-12(13(15)19-4-2)20(18)11-9-6-5-8-10(11)14(16)17/h5-6,8-9,12H,3-4,7H2,1-2H3. The van der Waals surface area contributed by atoms with Crippen LogP contribution >= 0.6 is 0 Å². The van der Waals surface area contributed by atoms with Crippen LogP contribution in [-0.2, 0) is 20.3 Å². The summed E-state index contributed by atoms with van der Waals surface area (Å²) in [6.07, 6.45) is 0.993. The molecule has 0 aliphatic heterocycles. The Morgan fingerprint density at radius 1 is 1.40 bits per heavy atom. The fraction of sp³-hybridized carbons (Fsp3) is 0.462. The summed E-state index contributed by atoms with van der Waals surface area (Å²) in [5, 5.41) is 10.1. The van der Waals surface area contributed by atoms with Gasteiger partial charge in [0, 0.05) is 6.07 Å². The highest BCUT2D eigenvalue weighted by atomic mass is 32.2. The van der Waals surface area contributed by atoms with Crippen LogP contribution in [0.25, 0.3) is 0 Å². The number of para-hydroxylation sites is 1. The number of esters is 1. The normalized spacial score (nSPS) is 13.5. The van der Waals surface area contributed by atoms with E-state index in [1.807, 2.05) is 6.92 Å². The van der Waals surface area contributed by atoms with Crippen LogP contribution in [0.5, 0.6) is 0 Å². The molecule has 0 fully saturated rings. The zero-order valence-electron chi connectivity index (χ0n) is 11.4. The summed E-state index contributed by atoms with van der Waals surface area (Å²) >= 11 is 0. The largest absolute Gasteiger partial charge is 0.465 e. The number of hydrogen-bond acceptors (Lipinski definition) is 5. The number of nitrogens with zero attached hydrogens (tertiary/aromatic N) is 1. The van der Waals surface area contributed by atoms with Gasteiger partial charge in [0.25, 0.3) is 5.69 Å². The lowest BCUT2D eigenvalue weighted by Gasteiger charge is -2.14. The second kappa shape index (κ2) is 7.74. The summed E-state index contributed by atoms with van der Waals surface area (Å²) in [6, 6.07) is 5.75. The fourth-order valence-electron chi connectivity index (χ4n) is 1.74. The van der Waals surface area contributed by atoms with Crippen LogP contribution in [0, 0.1) is 10.1 Å². The number of nitro groups is 1. The molecular formula is C13H17NO5S. The third-order valence-electron chi connectivity index (χ3n) is 2.64. The first-order chi connectivity index (χ1) is 9.52. The summed E-state index contributed by atoms with van der Waals surface area (Å²) in [4.78, 5) is 22.3. The highest BCUT2D eigenvalue weighted by molar-refractivity contribution is 7.86. The highest BCUT2D eigenvalue weighted by Crippen LogP contribution is 2.25. The Kier molecular flexibility index (Phi) is 6.30. The van der Waals surface area contributed by atoms with Gasteiger partial charge in [0.1, 0.15) is 10.1 Å². The summed E-state index contributed by atoms with van der Waals surface area (Å²) in [5.74, 6) is -0.578. The van der Waals surface area contributed by atoms with Crippen molar-refractivity contribution in [2.45, 2.75) is 36.8 Å². The van der Waals surface area contributed by atoms with E-state index in [1.54, 1.807) is 13.0 Å². The smallest absolute Gasteiger partial charge is 0.322 e. The lowest BCUT2D eigenvalue weighted by atomic mass is 10.2. The summed E-state index contributed by atoms with van der Waals surface area (Å²) in [5.41, 5.74) is -0.240. The van der Waals surface area contributed by atoms with Gasteiger partial charge in [-0.15, -0.1) is 0 Å². The molecule has 2 atom stereocenters. The van der Waals surface area contributed by atoms with Crippen molar-refractivity contribution >= 4 is 22.5 Å². The molecule has 0 amide bonds. The quantitative estimate of drug-likeness (QED) is 0.438. The van der Waals surface area contributed by atoms with Gasteiger partial charge in [-0.05, 0) is 19.4 Å². The van der Waals surface area contributed by atoms with Crippen LogP contribution in [-0.4, -0.2) is 27.0 Å². The summed E-state index contributed by atoms with van der Waals surface area (Å²) in [6.45, 7) is 3.70. The molecule has 0 spiro atoms. The predicted molar refractivity (Wildman–Crippen MR) is 74.8 cm³/mol. The van der Waals surface area contributed by atoms with Gasteiger partial charge < -0.3 is 4.74 Å². The second-order valence-corrected chi connectivity index (χ2v) is 5.66. The van der Waals surface area contributed by atoms with Crippen molar-refractivity contribution in [1.82, 2.24) is 0 Å². The number of hydrogen-bond donors (Lipinski definition) is 0. The Balaban J connectivity index is 3.12. The maximum atomic E-state index is 12.5. The van der Waals surface area contributed by atoms with Crippen molar-refractivity contribution in [3.8, 4) is 0 Å². The summed E-state index contributed by atoms with van der Waals surface area (Å²) in [7, 11) is -1.80. The van der Waals surface area contributed by atoms with E-state index in [2.05, 4.69) is 0 Å². The maximum Gasteiger partial charge on any atom is 0.322 e. The minimum Gasteiger partial charge on any atom is -0.465 e. The maximum absolute atomic E-state index is 12.5. The van der Waals surface area contributed by atoms with Gasteiger partial charge in [0.05, 0.1) is 22.3 Å². The number of carbonyl (C=O) groups is 1. The Bertz CT molecular complexity index is 517. The van der Waals surface area contributed by atoms with Crippen molar-refractivity contribution in [2.24, 2.45) is 0 Å². The Morgan fingerprint density at radius 3 is 2.60 bits per heavy atom. The Labute approximate surface area is 119 Å². The third-order valence-corrected chi connectivity index (χ3v) is 4.36. The molecule has 2 unspecified atom stereocenters. The second-order valence-electron chi connectivity index (χ2n) is 4.05. The molecule has 0 aliphatic carbocycles. The molecule has 110 valence electrons. The molecule has 0 saturated heterocycles. The summed E-state index contributed by atoms with van der Waals surface area (Å²) < 4.78 is 17.4. The molecule has 0 aromatic heterocycles. The van der Waals surface area contributed by atoms with E-state index < -0.39 is 26.9 Å². The molecule has 0 radical (unpaired) electrons. The van der Waals surface area contributed by atoms with Gasteiger partial charge in [0.2, 0.25) is 0 Å². The first-order valence-corrected chi connectivity index (χ1v) is 7.54. The zero-order chi connectivity index (χ0) is 15.1. The molecule has 1 rings (SSSR count). The van der Waals surface area contributed by atoms with E-state index in [-0.39, 0.29) is 17.2 Å². The molecule has 6 nitrogen and oxygen atoms in total. The number of nitro benzene ring substituents is 1. The zero-order valence-corrected chi connectivity index (χ0v) is 12.2. The topological polar surface area (TPSA) is 86.5 Å². The molecule has 0 heterocycles. The van der Waals surface area contributed by atoms with Crippen LogP contribution in [0.15, 0.2) is 29.2 Å². The molecule has 1 aromatic rings. The number of carbonyl (C=O) groups excluding carboxylic acids is 1. The highest BCUT2D eigenvalue weighted by Gasteiger charge is 2.30. The third kappa shape index (κ3) is 3.86. The van der Waals surface area contributed by atoms with Crippen LogP contribution < -0.4 is 0 Å². The van der Waals surface area contributed by atoms with Crippen molar-refractivity contribution in [3.05, 3.63) is 34.4 Å². The van der Waals surface area contributed by atoms with E-state index in [9.17, 15) is 19.1 Å². The predicted octanol–water partition coefficient (Wildman–Crippen LogP) is 2.43.